The zero-order chi connectivity index (χ0) is 13.5. The molecule has 1 aliphatic rings. The normalized spacial score (nSPS) is 21.9. The highest BCUT2D eigenvalue weighted by molar-refractivity contribution is 9.09. The molecule has 0 spiro atoms. The molecule has 2 nitrogen and oxygen atoms in total. The van der Waals surface area contributed by atoms with E-state index in [2.05, 4.69) is 75.1 Å². The van der Waals surface area contributed by atoms with Gasteiger partial charge in [0.15, 0.2) is 5.16 Å². The second-order valence-electron chi connectivity index (χ2n) is 4.94. The van der Waals surface area contributed by atoms with Crippen LogP contribution in [0.25, 0.3) is 11.0 Å². The Hall–Kier alpha value is -1.26. The highest BCUT2D eigenvalue weighted by Gasteiger charge is 2.31. The number of hydrogen-bond acceptors (Lipinski definition) is 2. The van der Waals surface area contributed by atoms with E-state index in [0.29, 0.717) is 10.9 Å². The summed E-state index contributed by atoms with van der Waals surface area (Å²) in [6.07, 6.45) is 0. The molecule has 100 valence electrons. The van der Waals surface area contributed by atoms with E-state index in [-0.39, 0.29) is 0 Å². The van der Waals surface area contributed by atoms with Crippen LogP contribution in [0.1, 0.15) is 11.6 Å². The highest BCUT2D eigenvalue weighted by atomic mass is 79.9. The smallest absolute Gasteiger partial charge is 0.169 e. The molecule has 0 bridgehead atoms. The third-order valence-electron chi connectivity index (χ3n) is 3.70. The first-order valence-corrected chi connectivity index (χ1v) is 8.53. The largest absolute Gasteiger partial charge is 0.310 e. The SMILES string of the molecule is Br[C@H]1CSc2nc3ccccc3n2[C@@H]1c1ccccc1. The average molecular weight is 345 g/mol. The lowest BCUT2D eigenvalue weighted by atomic mass is 10.0. The molecule has 0 aliphatic carbocycles. The first-order valence-electron chi connectivity index (χ1n) is 6.63. The van der Waals surface area contributed by atoms with Gasteiger partial charge in [0.2, 0.25) is 0 Å². The molecule has 2 heterocycles. The van der Waals surface area contributed by atoms with Gasteiger partial charge in [0.05, 0.1) is 17.1 Å². The van der Waals surface area contributed by atoms with Crippen molar-refractivity contribution in [2.75, 3.05) is 5.75 Å². The molecular formula is C16H13BrN2S. The lowest BCUT2D eigenvalue weighted by Crippen LogP contribution is -2.27. The summed E-state index contributed by atoms with van der Waals surface area (Å²) in [6.45, 7) is 0. The monoisotopic (exact) mass is 344 g/mol. The van der Waals surface area contributed by atoms with Crippen LogP contribution in [0.15, 0.2) is 59.8 Å². The fourth-order valence-electron chi connectivity index (χ4n) is 2.81. The minimum absolute atomic E-state index is 0.305. The summed E-state index contributed by atoms with van der Waals surface area (Å²) in [4.78, 5) is 5.19. The molecule has 4 heteroatoms. The Morgan fingerprint density at radius 1 is 1.05 bits per heavy atom. The molecule has 0 saturated heterocycles. The molecule has 0 saturated carbocycles. The fourth-order valence-corrected chi connectivity index (χ4v) is 4.75. The average Bonchev–Trinajstić information content (AvgIpc) is 2.87. The number of nitrogens with zero attached hydrogens (tertiary/aromatic N) is 2. The summed E-state index contributed by atoms with van der Waals surface area (Å²) in [5.41, 5.74) is 3.63. The number of aromatic nitrogens is 2. The third kappa shape index (κ3) is 1.90. The molecule has 0 amide bonds. The number of halogens is 1. The summed E-state index contributed by atoms with van der Waals surface area (Å²) in [5.74, 6) is 1.04. The summed E-state index contributed by atoms with van der Waals surface area (Å²) >= 11 is 5.69. The van der Waals surface area contributed by atoms with Crippen molar-refractivity contribution in [2.24, 2.45) is 0 Å². The van der Waals surface area contributed by atoms with E-state index >= 15 is 0 Å². The van der Waals surface area contributed by atoms with Crippen LogP contribution < -0.4 is 0 Å². The maximum absolute atomic E-state index is 4.77. The van der Waals surface area contributed by atoms with Crippen LogP contribution in [0, 0.1) is 0 Å². The molecule has 0 unspecified atom stereocenters. The van der Waals surface area contributed by atoms with Gasteiger partial charge in [-0.15, -0.1) is 0 Å². The van der Waals surface area contributed by atoms with Gasteiger partial charge in [-0.2, -0.15) is 0 Å². The van der Waals surface area contributed by atoms with Crippen molar-refractivity contribution in [3.8, 4) is 0 Å². The Balaban J connectivity index is 1.97. The molecule has 4 rings (SSSR count). The van der Waals surface area contributed by atoms with Crippen molar-refractivity contribution in [3.63, 3.8) is 0 Å². The van der Waals surface area contributed by atoms with Gasteiger partial charge in [0.1, 0.15) is 0 Å². The number of para-hydroxylation sites is 2. The molecule has 2 aromatic carbocycles. The fraction of sp³-hybridized carbons (Fsp3) is 0.188. The predicted octanol–water partition coefficient (Wildman–Crippen LogP) is 4.49. The van der Waals surface area contributed by atoms with Gasteiger partial charge in [0, 0.05) is 10.6 Å². The van der Waals surface area contributed by atoms with Crippen LogP contribution in [0.5, 0.6) is 0 Å². The molecule has 3 aromatic rings. The van der Waals surface area contributed by atoms with Gasteiger partial charge in [-0.05, 0) is 17.7 Å². The molecular weight excluding hydrogens is 332 g/mol. The quantitative estimate of drug-likeness (QED) is 0.605. The predicted molar refractivity (Wildman–Crippen MR) is 87.8 cm³/mol. The highest BCUT2D eigenvalue weighted by Crippen LogP contribution is 2.41. The lowest BCUT2D eigenvalue weighted by Gasteiger charge is -2.30. The summed E-state index contributed by atoms with van der Waals surface area (Å²) in [6, 6.07) is 19.4. The van der Waals surface area contributed by atoms with Crippen LogP contribution in [0.4, 0.5) is 0 Å². The first kappa shape index (κ1) is 12.5. The van der Waals surface area contributed by atoms with E-state index in [9.17, 15) is 0 Å². The Morgan fingerprint density at radius 3 is 2.65 bits per heavy atom. The Labute approximate surface area is 130 Å². The zero-order valence-electron chi connectivity index (χ0n) is 10.7. The van der Waals surface area contributed by atoms with Crippen LogP contribution in [0.2, 0.25) is 0 Å². The molecule has 0 N–H and O–H groups in total. The van der Waals surface area contributed by atoms with Crippen LogP contribution >= 0.6 is 27.7 Å². The second kappa shape index (κ2) is 4.93. The van der Waals surface area contributed by atoms with E-state index in [1.54, 1.807) is 0 Å². The van der Waals surface area contributed by atoms with Crippen LogP contribution in [-0.2, 0) is 0 Å². The molecule has 2 atom stereocenters. The molecule has 0 radical (unpaired) electrons. The van der Waals surface area contributed by atoms with Gasteiger partial charge in [0.25, 0.3) is 0 Å². The van der Waals surface area contributed by atoms with Crippen molar-refractivity contribution in [1.82, 2.24) is 9.55 Å². The number of benzene rings is 2. The lowest BCUT2D eigenvalue weighted by molar-refractivity contribution is 0.544. The summed E-state index contributed by atoms with van der Waals surface area (Å²) in [7, 11) is 0. The number of imidazole rings is 1. The van der Waals surface area contributed by atoms with E-state index in [4.69, 9.17) is 4.98 Å². The number of alkyl halides is 1. The van der Waals surface area contributed by atoms with Crippen LogP contribution in [0.3, 0.4) is 0 Å². The molecule has 0 fully saturated rings. The number of rotatable bonds is 1. The molecule has 1 aliphatic heterocycles. The third-order valence-corrected chi connectivity index (χ3v) is 6.02. The van der Waals surface area contributed by atoms with Crippen LogP contribution in [-0.4, -0.2) is 20.1 Å². The maximum atomic E-state index is 4.77. The summed E-state index contributed by atoms with van der Waals surface area (Å²) in [5, 5.41) is 1.12. The summed E-state index contributed by atoms with van der Waals surface area (Å²) < 4.78 is 2.37. The number of thioether (sulfide) groups is 1. The van der Waals surface area contributed by atoms with E-state index in [1.807, 2.05) is 11.8 Å². The molecule has 20 heavy (non-hydrogen) atoms. The standard InChI is InChI=1S/C16H13BrN2S/c17-12-10-20-16-18-13-8-4-5-9-14(13)19(16)15(12)11-6-2-1-3-7-11/h1-9,12,15H,10H2/t12-,15+/m0/s1. The number of hydrogen-bond donors (Lipinski definition) is 0. The van der Waals surface area contributed by atoms with Gasteiger partial charge >= 0.3 is 0 Å². The number of fused-ring (bicyclic) bond motifs is 3. The van der Waals surface area contributed by atoms with E-state index in [1.165, 1.54) is 11.1 Å². The van der Waals surface area contributed by atoms with Gasteiger partial charge in [-0.25, -0.2) is 4.98 Å². The van der Waals surface area contributed by atoms with Crippen molar-refractivity contribution in [2.45, 2.75) is 16.0 Å². The van der Waals surface area contributed by atoms with Crippen molar-refractivity contribution in [1.29, 1.82) is 0 Å². The Morgan fingerprint density at radius 2 is 1.80 bits per heavy atom. The zero-order valence-corrected chi connectivity index (χ0v) is 13.1. The van der Waals surface area contributed by atoms with E-state index < -0.39 is 0 Å². The minimum atomic E-state index is 0.305. The maximum Gasteiger partial charge on any atom is 0.169 e. The van der Waals surface area contributed by atoms with Gasteiger partial charge in [-0.3, -0.25) is 0 Å². The van der Waals surface area contributed by atoms with Gasteiger partial charge < -0.3 is 4.57 Å². The second-order valence-corrected chi connectivity index (χ2v) is 7.10. The Bertz CT molecular complexity index is 754. The van der Waals surface area contributed by atoms with Crippen molar-refractivity contribution in [3.05, 3.63) is 60.2 Å². The first-order chi connectivity index (χ1) is 9.84. The van der Waals surface area contributed by atoms with Gasteiger partial charge in [-0.1, -0.05) is 70.2 Å². The van der Waals surface area contributed by atoms with E-state index in [0.717, 1.165) is 16.4 Å². The topological polar surface area (TPSA) is 17.8 Å². The molecule has 1 aromatic heterocycles. The van der Waals surface area contributed by atoms with Crippen molar-refractivity contribution < 1.29 is 0 Å². The van der Waals surface area contributed by atoms with Crippen molar-refractivity contribution >= 4 is 38.7 Å². The Kier molecular flexibility index (Phi) is 3.08. The minimum Gasteiger partial charge on any atom is -0.310 e.